The Kier molecular flexibility index (Phi) is 8.15. The van der Waals surface area contributed by atoms with E-state index in [1.165, 1.54) is 16.8 Å². The van der Waals surface area contributed by atoms with E-state index in [-0.39, 0.29) is 58.4 Å². The Morgan fingerprint density at radius 3 is 3.04 bits per heavy atom. The van der Waals surface area contributed by atoms with E-state index in [1.54, 1.807) is 19.2 Å². The smallest absolute Gasteiger partial charge is 0.507 e. The number of fused-ring (bicyclic) bond motifs is 2. The number of nitrogens with zero attached hydrogens (tertiary/aromatic N) is 3. The maximum atomic E-state index is 12.9. The van der Waals surface area contributed by atoms with E-state index in [0.29, 0.717) is 28.8 Å². The average Bonchev–Trinajstić information content (AvgIpc) is 3.27. The molecule has 0 unspecified atom stereocenters. The number of esters is 1. The molecule has 1 aliphatic heterocycles. The zero-order valence-electron chi connectivity index (χ0n) is 14.2. The second-order valence-electron chi connectivity index (χ2n) is 5.34. The van der Waals surface area contributed by atoms with Gasteiger partial charge in [-0.15, -0.1) is 5.56 Å². The van der Waals surface area contributed by atoms with Crippen LogP contribution in [0.2, 0.25) is 0 Å². The standard InChI is InChI=1S/C9H7BrN3O2.C9H8FO.Yb/c1-2-15-9(14)7-8-6(10)3-11-4-13(8)5-12-7;1-6-7-4-5-11-9(7)3-2-8(6)10;/h3,5H,2H2,1H3;2-3H,1,4-5H2;/q2*-1;+2. The van der Waals surface area contributed by atoms with Crippen molar-refractivity contribution in [1.29, 1.82) is 0 Å². The first-order chi connectivity index (χ1) is 12.5. The molecule has 0 bridgehead atoms. The van der Waals surface area contributed by atoms with Gasteiger partial charge in [0.1, 0.15) is 5.69 Å². The quantitative estimate of drug-likeness (QED) is 0.337. The van der Waals surface area contributed by atoms with Crippen molar-refractivity contribution in [2.75, 3.05) is 13.2 Å². The van der Waals surface area contributed by atoms with E-state index < -0.39 is 5.97 Å². The number of hydrogen-bond acceptors (Lipinski definition) is 5. The van der Waals surface area contributed by atoms with Gasteiger partial charge in [-0.1, -0.05) is 22.0 Å². The minimum Gasteiger partial charge on any atom is -0.507 e. The topological polar surface area (TPSA) is 65.7 Å². The molecule has 0 saturated heterocycles. The summed E-state index contributed by atoms with van der Waals surface area (Å²) in [5, 5.41) is 0. The molecule has 3 heterocycles. The maximum Gasteiger partial charge on any atom is 2.00 e. The van der Waals surface area contributed by atoms with E-state index in [2.05, 4.69) is 39.1 Å². The van der Waals surface area contributed by atoms with Crippen LogP contribution >= 0.6 is 15.9 Å². The predicted octanol–water partition coefficient (Wildman–Crippen LogP) is 3.41. The zero-order valence-corrected chi connectivity index (χ0v) is 17.5. The summed E-state index contributed by atoms with van der Waals surface area (Å²) in [6, 6.07) is 3.05. The van der Waals surface area contributed by atoms with E-state index in [1.807, 2.05) is 0 Å². The van der Waals surface area contributed by atoms with E-state index in [0.717, 1.165) is 17.7 Å². The predicted molar refractivity (Wildman–Crippen MR) is 95.5 cm³/mol. The van der Waals surface area contributed by atoms with Crippen molar-refractivity contribution in [3.05, 3.63) is 65.0 Å². The second-order valence-corrected chi connectivity index (χ2v) is 6.19. The van der Waals surface area contributed by atoms with Crippen molar-refractivity contribution in [3.8, 4) is 5.75 Å². The van der Waals surface area contributed by atoms with Gasteiger partial charge < -0.3 is 18.9 Å². The Hall–Kier alpha value is -1.09. The molecule has 9 heteroatoms. The fourth-order valence-electron chi connectivity index (χ4n) is 2.53. The number of benzene rings is 1. The molecule has 0 aliphatic carbocycles. The SMILES string of the molecule is CCOC(=O)c1ncn2[c-]ncc(Br)c12.[CH2-]c1c(F)ccc2c1CCO2.[Yb+2]. The molecule has 0 fully saturated rings. The summed E-state index contributed by atoms with van der Waals surface area (Å²) in [4.78, 5) is 19.3. The van der Waals surface area contributed by atoms with Crippen LogP contribution in [-0.2, 0) is 11.2 Å². The van der Waals surface area contributed by atoms with Crippen molar-refractivity contribution in [3.63, 3.8) is 0 Å². The molecule has 0 atom stereocenters. The van der Waals surface area contributed by atoms with Crippen LogP contribution in [0.25, 0.3) is 5.52 Å². The minimum absolute atomic E-state index is 0. The monoisotopic (exact) mass is 593 g/mol. The number of rotatable bonds is 2. The Bertz CT molecular complexity index is 964. The van der Waals surface area contributed by atoms with E-state index >= 15 is 0 Å². The fraction of sp³-hybridized carbons (Fsp3) is 0.222. The largest absolute Gasteiger partial charge is 2.00 e. The Morgan fingerprint density at radius 1 is 1.52 bits per heavy atom. The average molecular weight is 593 g/mol. The zero-order chi connectivity index (χ0) is 18.7. The van der Waals surface area contributed by atoms with Crippen LogP contribution in [0.5, 0.6) is 5.75 Å². The first-order valence-corrected chi connectivity index (χ1v) is 8.64. The summed E-state index contributed by atoms with van der Waals surface area (Å²) in [5.74, 6) is 0.103. The molecule has 27 heavy (non-hydrogen) atoms. The first kappa shape index (κ1) is 22.2. The number of imidazole rings is 1. The number of ether oxygens (including phenoxy) is 2. The molecule has 4 rings (SSSR count). The van der Waals surface area contributed by atoms with Gasteiger partial charge in [0, 0.05) is 24.0 Å². The molecule has 1 aromatic carbocycles. The van der Waals surface area contributed by atoms with Crippen molar-refractivity contribution >= 4 is 27.4 Å². The van der Waals surface area contributed by atoms with Crippen molar-refractivity contribution in [2.24, 2.45) is 0 Å². The van der Waals surface area contributed by atoms with Gasteiger partial charge >= 0.3 is 52.9 Å². The van der Waals surface area contributed by atoms with Gasteiger partial charge in [-0.25, -0.2) is 4.79 Å². The van der Waals surface area contributed by atoms with Crippen LogP contribution in [0.1, 0.15) is 28.5 Å². The van der Waals surface area contributed by atoms with Gasteiger partial charge in [-0.05, 0) is 30.1 Å². The number of carbonyl (C=O) groups excluding carboxylic acids is 1. The van der Waals surface area contributed by atoms with E-state index in [9.17, 15) is 9.18 Å². The van der Waals surface area contributed by atoms with Gasteiger partial charge in [-0.2, -0.15) is 12.5 Å². The fourth-order valence-corrected chi connectivity index (χ4v) is 3.01. The third-order valence-electron chi connectivity index (χ3n) is 3.75. The first-order valence-electron chi connectivity index (χ1n) is 7.85. The summed E-state index contributed by atoms with van der Waals surface area (Å²) in [7, 11) is 0. The molecule has 0 radical (unpaired) electrons. The second kappa shape index (κ2) is 9.91. The Labute approximate surface area is 202 Å². The van der Waals surface area contributed by atoms with Gasteiger partial charge in [0.2, 0.25) is 0 Å². The molecule has 0 amide bonds. The van der Waals surface area contributed by atoms with Crippen molar-refractivity contribution < 1.29 is 65.6 Å². The van der Waals surface area contributed by atoms with Gasteiger partial charge in [0.05, 0.1) is 19.0 Å². The van der Waals surface area contributed by atoms with Crippen molar-refractivity contribution in [1.82, 2.24) is 14.4 Å². The molecule has 6 nitrogen and oxygen atoms in total. The van der Waals surface area contributed by atoms with Gasteiger partial charge in [0.25, 0.3) is 0 Å². The van der Waals surface area contributed by atoms with Gasteiger partial charge in [0.15, 0.2) is 0 Å². The normalized spacial score (nSPS) is 11.7. The minimum atomic E-state index is -0.444. The molecule has 3 aromatic rings. The molecule has 2 aromatic heterocycles. The third-order valence-corrected chi connectivity index (χ3v) is 4.33. The molecule has 0 N–H and O–H groups in total. The van der Waals surface area contributed by atoms with E-state index in [4.69, 9.17) is 9.47 Å². The summed E-state index contributed by atoms with van der Waals surface area (Å²) in [5.41, 5.74) is 2.29. The molecular weight excluding hydrogens is 578 g/mol. The number of carbonyl (C=O) groups is 1. The molecule has 148 valence electrons. The summed E-state index contributed by atoms with van der Waals surface area (Å²) >= 11 is 3.30. The summed E-state index contributed by atoms with van der Waals surface area (Å²) in [6.07, 6.45) is 6.49. The number of halogens is 2. The molecular formula is C18H15BrFN3O3Yb. The van der Waals surface area contributed by atoms with Crippen LogP contribution in [0, 0.1) is 66.0 Å². The van der Waals surface area contributed by atoms with Crippen LogP contribution in [0.4, 0.5) is 4.39 Å². The van der Waals surface area contributed by atoms with Gasteiger partial charge in [-0.3, -0.25) is 9.37 Å². The molecule has 1 aliphatic rings. The Balaban J connectivity index is 0.000000194. The number of hydrogen-bond donors (Lipinski definition) is 0. The number of aromatic nitrogens is 3. The van der Waals surface area contributed by atoms with Crippen molar-refractivity contribution in [2.45, 2.75) is 13.3 Å². The third kappa shape index (κ3) is 4.85. The van der Waals surface area contributed by atoms with Crippen LogP contribution < -0.4 is 4.74 Å². The van der Waals surface area contributed by atoms with Crippen LogP contribution in [0.15, 0.2) is 29.1 Å². The van der Waals surface area contributed by atoms with Crippen LogP contribution in [-0.4, -0.2) is 33.6 Å². The summed E-state index contributed by atoms with van der Waals surface area (Å²) in [6.45, 7) is 6.36. The maximum absolute atomic E-state index is 12.9. The summed E-state index contributed by atoms with van der Waals surface area (Å²) < 4.78 is 25.2. The Morgan fingerprint density at radius 2 is 2.30 bits per heavy atom. The molecule has 0 saturated carbocycles. The van der Waals surface area contributed by atoms with Crippen LogP contribution in [0.3, 0.4) is 0 Å². The molecule has 0 spiro atoms.